The van der Waals surface area contributed by atoms with Crippen molar-refractivity contribution in [2.24, 2.45) is 0 Å². The van der Waals surface area contributed by atoms with E-state index >= 15 is 0 Å². The van der Waals surface area contributed by atoms with Crippen molar-refractivity contribution in [3.05, 3.63) is 23.8 Å². The van der Waals surface area contributed by atoms with E-state index < -0.39 is 0 Å². The van der Waals surface area contributed by atoms with Crippen molar-refractivity contribution in [2.45, 2.75) is 33.2 Å². The van der Waals surface area contributed by atoms with Gasteiger partial charge in [-0.2, -0.15) is 0 Å². The van der Waals surface area contributed by atoms with E-state index in [9.17, 15) is 0 Å². The molecule has 1 atom stereocenters. The van der Waals surface area contributed by atoms with Gasteiger partial charge in [0.15, 0.2) is 0 Å². The Balaban J connectivity index is 2.81. The molecule has 0 amide bonds. The molecule has 1 rings (SSSR count). The summed E-state index contributed by atoms with van der Waals surface area (Å²) in [6, 6.07) is 2.15. The topological polar surface area (TPSA) is 37.8 Å². The maximum Gasteiger partial charge on any atom is 0.125 e. The molecule has 1 aromatic heterocycles. The number of aryl methyl sites for hydroxylation is 1. The minimum atomic E-state index is 0.212. The van der Waals surface area contributed by atoms with Gasteiger partial charge in [0.2, 0.25) is 0 Å². The lowest BCUT2D eigenvalue weighted by Gasteiger charge is -2.14. The predicted molar refractivity (Wildman–Crippen MR) is 61.3 cm³/mol. The van der Waals surface area contributed by atoms with E-state index in [2.05, 4.69) is 34.0 Å². The van der Waals surface area contributed by atoms with Crippen LogP contribution in [-0.2, 0) is 0 Å². The van der Waals surface area contributed by atoms with Crippen LogP contribution in [0.5, 0.6) is 0 Å². The molecule has 0 saturated carbocycles. The molecule has 0 bridgehead atoms. The maximum absolute atomic E-state index is 4.40. The highest BCUT2D eigenvalue weighted by molar-refractivity contribution is 5.11. The number of nitrogens with one attached hydrogen (secondary N) is 1. The van der Waals surface area contributed by atoms with Gasteiger partial charge in [0, 0.05) is 12.6 Å². The van der Waals surface area contributed by atoms with Gasteiger partial charge in [0.05, 0.1) is 11.7 Å². The van der Waals surface area contributed by atoms with Crippen molar-refractivity contribution < 1.29 is 0 Å². The Morgan fingerprint density at radius 1 is 1.53 bits per heavy atom. The highest BCUT2D eigenvalue weighted by atomic mass is 15.0. The van der Waals surface area contributed by atoms with E-state index in [0.717, 1.165) is 24.5 Å². The van der Waals surface area contributed by atoms with Crippen molar-refractivity contribution in [1.29, 1.82) is 0 Å². The zero-order valence-electron chi connectivity index (χ0n) is 9.54. The van der Waals surface area contributed by atoms with Gasteiger partial charge in [-0.3, -0.25) is 0 Å². The van der Waals surface area contributed by atoms with Gasteiger partial charge >= 0.3 is 0 Å². The average molecular weight is 203 g/mol. The maximum atomic E-state index is 4.40. The fourth-order valence-electron chi connectivity index (χ4n) is 1.40. The first-order chi connectivity index (χ1) is 7.27. The van der Waals surface area contributed by atoms with Crippen LogP contribution in [0.3, 0.4) is 0 Å². The van der Waals surface area contributed by atoms with Crippen LogP contribution < -0.4 is 5.32 Å². The quantitative estimate of drug-likeness (QED) is 0.759. The SMILES string of the molecule is CC#CCC(NCC)c1ccnc(C)n1. The molecule has 0 aliphatic carbocycles. The van der Waals surface area contributed by atoms with Crippen molar-refractivity contribution in [3.63, 3.8) is 0 Å². The molecule has 0 spiro atoms. The number of hydrogen-bond donors (Lipinski definition) is 1. The zero-order valence-corrected chi connectivity index (χ0v) is 9.54. The zero-order chi connectivity index (χ0) is 11.1. The first-order valence-electron chi connectivity index (χ1n) is 5.20. The number of aromatic nitrogens is 2. The Kier molecular flexibility index (Phi) is 4.79. The summed E-state index contributed by atoms with van der Waals surface area (Å²) in [6.45, 7) is 6.76. The van der Waals surface area contributed by atoms with Crippen LogP contribution in [0.25, 0.3) is 0 Å². The summed E-state index contributed by atoms with van der Waals surface area (Å²) in [4.78, 5) is 8.49. The summed E-state index contributed by atoms with van der Waals surface area (Å²) < 4.78 is 0. The minimum Gasteiger partial charge on any atom is -0.308 e. The molecule has 0 fully saturated rings. The molecule has 80 valence electrons. The summed E-state index contributed by atoms with van der Waals surface area (Å²) in [7, 11) is 0. The highest BCUT2D eigenvalue weighted by Crippen LogP contribution is 2.12. The summed E-state index contributed by atoms with van der Waals surface area (Å²) in [5.74, 6) is 6.79. The fourth-order valence-corrected chi connectivity index (χ4v) is 1.40. The lowest BCUT2D eigenvalue weighted by atomic mass is 10.1. The summed E-state index contributed by atoms with van der Waals surface area (Å²) in [6.07, 6.45) is 2.59. The van der Waals surface area contributed by atoms with Gasteiger partial charge in [-0.15, -0.1) is 11.8 Å². The molecule has 0 saturated heterocycles. The normalized spacial score (nSPS) is 11.7. The standard InChI is InChI=1S/C12H17N3/c1-4-6-7-11(13-5-2)12-8-9-14-10(3)15-12/h8-9,11,13H,5,7H2,1-3H3. The monoisotopic (exact) mass is 203 g/mol. The summed E-state index contributed by atoms with van der Waals surface area (Å²) in [5.41, 5.74) is 1.02. The number of rotatable bonds is 4. The second-order valence-electron chi connectivity index (χ2n) is 3.27. The summed E-state index contributed by atoms with van der Waals surface area (Å²) >= 11 is 0. The lowest BCUT2D eigenvalue weighted by Crippen LogP contribution is -2.21. The van der Waals surface area contributed by atoms with Gasteiger partial charge in [0.1, 0.15) is 5.82 Å². The van der Waals surface area contributed by atoms with Crippen LogP contribution in [0.2, 0.25) is 0 Å². The largest absolute Gasteiger partial charge is 0.308 e. The molecule has 3 nitrogen and oxygen atoms in total. The van der Waals surface area contributed by atoms with Crippen molar-refractivity contribution in [3.8, 4) is 11.8 Å². The van der Waals surface area contributed by atoms with Crippen LogP contribution in [0, 0.1) is 18.8 Å². The van der Waals surface area contributed by atoms with Gasteiger partial charge in [0.25, 0.3) is 0 Å². The van der Waals surface area contributed by atoms with Crippen molar-refractivity contribution in [2.75, 3.05) is 6.54 Å². The minimum absolute atomic E-state index is 0.212. The molecule has 3 heteroatoms. The molecule has 1 heterocycles. The third-order valence-electron chi connectivity index (χ3n) is 2.09. The van der Waals surface area contributed by atoms with Crippen LogP contribution in [-0.4, -0.2) is 16.5 Å². The second kappa shape index (κ2) is 6.15. The highest BCUT2D eigenvalue weighted by Gasteiger charge is 2.10. The summed E-state index contributed by atoms with van der Waals surface area (Å²) in [5, 5.41) is 3.37. The Hall–Kier alpha value is -1.40. The van der Waals surface area contributed by atoms with E-state index in [1.165, 1.54) is 0 Å². The molecule has 15 heavy (non-hydrogen) atoms. The predicted octanol–water partition coefficient (Wildman–Crippen LogP) is 1.85. The molecule has 0 radical (unpaired) electrons. The Morgan fingerprint density at radius 2 is 2.33 bits per heavy atom. The van der Waals surface area contributed by atoms with E-state index in [1.54, 1.807) is 6.20 Å². The first-order valence-corrected chi connectivity index (χ1v) is 5.20. The van der Waals surface area contributed by atoms with E-state index in [1.807, 2.05) is 19.9 Å². The van der Waals surface area contributed by atoms with E-state index in [4.69, 9.17) is 0 Å². The van der Waals surface area contributed by atoms with E-state index in [0.29, 0.717) is 0 Å². The Bertz CT molecular complexity index is 363. The second-order valence-corrected chi connectivity index (χ2v) is 3.27. The Morgan fingerprint density at radius 3 is 2.93 bits per heavy atom. The average Bonchev–Trinajstić information content (AvgIpc) is 2.24. The first kappa shape index (κ1) is 11.7. The smallest absolute Gasteiger partial charge is 0.125 e. The molecular formula is C12H17N3. The van der Waals surface area contributed by atoms with Gasteiger partial charge in [-0.05, 0) is 26.5 Å². The Labute approximate surface area is 91.3 Å². The van der Waals surface area contributed by atoms with Crippen LogP contribution >= 0.6 is 0 Å². The lowest BCUT2D eigenvalue weighted by molar-refractivity contribution is 0.548. The van der Waals surface area contributed by atoms with Gasteiger partial charge in [-0.1, -0.05) is 6.92 Å². The third-order valence-corrected chi connectivity index (χ3v) is 2.09. The fraction of sp³-hybridized carbons (Fsp3) is 0.500. The molecule has 0 aliphatic rings. The number of nitrogens with zero attached hydrogens (tertiary/aromatic N) is 2. The number of hydrogen-bond acceptors (Lipinski definition) is 3. The van der Waals surface area contributed by atoms with Gasteiger partial charge < -0.3 is 5.32 Å². The molecule has 1 unspecified atom stereocenters. The van der Waals surface area contributed by atoms with Crippen LogP contribution in [0.15, 0.2) is 12.3 Å². The molecule has 1 N–H and O–H groups in total. The van der Waals surface area contributed by atoms with Crippen LogP contribution in [0.4, 0.5) is 0 Å². The van der Waals surface area contributed by atoms with Crippen LogP contribution in [0.1, 0.15) is 37.8 Å². The van der Waals surface area contributed by atoms with Gasteiger partial charge in [-0.25, -0.2) is 9.97 Å². The van der Waals surface area contributed by atoms with E-state index in [-0.39, 0.29) is 6.04 Å². The molecule has 0 aromatic carbocycles. The molecule has 0 aliphatic heterocycles. The van der Waals surface area contributed by atoms with Crippen molar-refractivity contribution >= 4 is 0 Å². The molecular weight excluding hydrogens is 186 g/mol. The third kappa shape index (κ3) is 3.69. The van der Waals surface area contributed by atoms with Crippen molar-refractivity contribution in [1.82, 2.24) is 15.3 Å². The molecule has 1 aromatic rings.